The molecule has 3 rings (SSSR count). The highest BCUT2D eigenvalue weighted by Gasteiger charge is 2.61. The summed E-state index contributed by atoms with van der Waals surface area (Å²) in [6.07, 6.45) is 2.09. The van der Waals surface area contributed by atoms with Crippen molar-refractivity contribution in [3.63, 3.8) is 0 Å². The van der Waals surface area contributed by atoms with Gasteiger partial charge in [-0.1, -0.05) is 4.49 Å². The van der Waals surface area contributed by atoms with Gasteiger partial charge in [-0.3, -0.25) is 0 Å². The maximum atomic E-state index is 6.20. The first-order valence-electron chi connectivity index (χ1n) is 4.90. The molecule has 0 amide bonds. The van der Waals surface area contributed by atoms with Crippen LogP contribution in [0.25, 0.3) is 0 Å². The molecule has 14 heavy (non-hydrogen) atoms. The number of aromatic nitrogens is 2. The predicted molar refractivity (Wildman–Crippen MR) is 52.9 cm³/mol. The first kappa shape index (κ1) is 8.76. The summed E-state index contributed by atoms with van der Waals surface area (Å²) in [6, 6.07) is 0.193. The second kappa shape index (κ2) is 2.98. The Hall–Kier alpha value is -0.520. The lowest BCUT2D eigenvalue weighted by Crippen LogP contribution is -2.36. The van der Waals surface area contributed by atoms with Crippen LogP contribution in [0.2, 0.25) is 0 Å². The van der Waals surface area contributed by atoms with Crippen molar-refractivity contribution in [2.45, 2.75) is 18.9 Å². The molecule has 1 saturated heterocycles. The molecular formula is C9H13N3OS. The van der Waals surface area contributed by atoms with E-state index in [9.17, 15) is 0 Å². The summed E-state index contributed by atoms with van der Waals surface area (Å²) < 4.78 is 9.28. The van der Waals surface area contributed by atoms with Gasteiger partial charge in [-0.15, -0.1) is 5.10 Å². The third kappa shape index (κ3) is 1.20. The van der Waals surface area contributed by atoms with Gasteiger partial charge in [-0.2, -0.15) is 0 Å². The van der Waals surface area contributed by atoms with E-state index in [1.165, 1.54) is 18.0 Å². The summed E-state index contributed by atoms with van der Waals surface area (Å²) in [4.78, 5) is 0. The van der Waals surface area contributed by atoms with E-state index in [0.717, 1.165) is 25.3 Å². The maximum absolute atomic E-state index is 6.20. The van der Waals surface area contributed by atoms with Gasteiger partial charge in [0.25, 0.3) is 0 Å². The lowest BCUT2D eigenvalue weighted by atomic mass is 9.93. The molecule has 0 aromatic carbocycles. The average molecular weight is 211 g/mol. The molecule has 1 aromatic heterocycles. The summed E-state index contributed by atoms with van der Waals surface area (Å²) >= 11 is 1.39. The van der Waals surface area contributed by atoms with E-state index in [4.69, 9.17) is 10.5 Å². The molecule has 2 fully saturated rings. The van der Waals surface area contributed by atoms with Crippen molar-refractivity contribution in [3.8, 4) is 0 Å². The van der Waals surface area contributed by atoms with E-state index >= 15 is 0 Å². The highest BCUT2D eigenvalue weighted by molar-refractivity contribution is 7.03. The summed E-state index contributed by atoms with van der Waals surface area (Å²) in [7, 11) is 0. The molecule has 0 bridgehead atoms. The lowest BCUT2D eigenvalue weighted by molar-refractivity contribution is 0.138. The second-order valence-corrected chi connectivity index (χ2v) is 4.97. The monoisotopic (exact) mass is 211 g/mol. The molecule has 1 aromatic rings. The van der Waals surface area contributed by atoms with Gasteiger partial charge in [0.1, 0.15) is 0 Å². The molecule has 0 spiro atoms. The highest BCUT2D eigenvalue weighted by Crippen LogP contribution is 2.58. The average Bonchev–Trinajstić information content (AvgIpc) is 2.62. The van der Waals surface area contributed by atoms with Gasteiger partial charge in [-0.05, 0) is 23.9 Å². The number of nitrogens with zero attached hydrogens (tertiary/aromatic N) is 2. The zero-order valence-electron chi connectivity index (χ0n) is 7.85. The molecule has 4 nitrogen and oxygen atoms in total. The molecule has 2 N–H and O–H groups in total. The summed E-state index contributed by atoms with van der Waals surface area (Å²) in [5.74, 6) is 0.712. The Bertz CT molecular complexity index is 329. The van der Waals surface area contributed by atoms with Crippen LogP contribution in [0.4, 0.5) is 0 Å². The molecule has 1 aliphatic carbocycles. The minimum atomic E-state index is 0.193. The highest BCUT2D eigenvalue weighted by atomic mass is 32.1. The number of hydrogen-bond donors (Lipinski definition) is 1. The fraction of sp³-hybridized carbons (Fsp3) is 0.778. The van der Waals surface area contributed by atoms with E-state index in [2.05, 4.69) is 9.59 Å². The number of nitrogens with two attached hydrogens (primary N) is 1. The van der Waals surface area contributed by atoms with E-state index in [1.807, 2.05) is 5.38 Å². The van der Waals surface area contributed by atoms with Gasteiger partial charge in [0.05, 0.1) is 18.9 Å². The minimum Gasteiger partial charge on any atom is -0.380 e. The minimum absolute atomic E-state index is 0.193. The van der Waals surface area contributed by atoms with Crippen molar-refractivity contribution in [1.29, 1.82) is 0 Å². The van der Waals surface area contributed by atoms with Crippen molar-refractivity contribution in [2.24, 2.45) is 17.1 Å². The van der Waals surface area contributed by atoms with E-state index < -0.39 is 0 Å². The summed E-state index contributed by atoms with van der Waals surface area (Å²) in [6.45, 7) is 1.75. The molecule has 2 heterocycles. The SMILES string of the molecule is NC(Cc1csnn1)C12COCC1C2. The Labute approximate surface area is 86.6 Å². The molecule has 5 heteroatoms. The predicted octanol–water partition coefficient (Wildman–Crippen LogP) is 0.444. The Morgan fingerprint density at radius 3 is 3.29 bits per heavy atom. The first-order chi connectivity index (χ1) is 6.81. The lowest BCUT2D eigenvalue weighted by Gasteiger charge is -2.19. The van der Waals surface area contributed by atoms with Crippen LogP contribution in [0.3, 0.4) is 0 Å². The van der Waals surface area contributed by atoms with Gasteiger partial charge in [0, 0.05) is 23.3 Å². The van der Waals surface area contributed by atoms with Crippen LogP contribution in [-0.4, -0.2) is 28.8 Å². The van der Waals surface area contributed by atoms with Crippen LogP contribution < -0.4 is 5.73 Å². The topological polar surface area (TPSA) is 61.0 Å². The van der Waals surface area contributed by atoms with Crippen LogP contribution in [0.15, 0.2) is 5.38 Å². The Morgan fingerprint density at radius 1 is 1.79 bits per heavy atom. The van der Waals surface area contributed by atoms with Crippen molar-refractivity contribution < 1.29 is 4.74 Å². The second-order valence-electron chi connectivity index (χ2n) is 4.36. The summed E-state index contributed by atoms with van der Waals surface area (Å²) in [5, 5.41) is 6.00. The van der Waals surface area contributed by atoms with Gasteiger partial charge in [0.2, 0.25) is 0 Å². The fourth-order valence-electron chi connectivity index (χ4n) is 2.46. The number of rotatable bonds is 3. The quantitative estimate of drug-likeness (QED) is 0.788. The third-order valence-corrected chi connectivity index (χ3v) is 4.10. The molecule has 3 atom stereocenters. The third-order valence-electron chi connectivity index (χ3n) is 3.54. The molecule has 76 valence electrons. The molecule has 2 aliphatic rings. The molecule has 0 radical (unpaired) electrons. The Balaban J connectivity index is 1.69. The van der Waals surface area contributed by atoms with Gasteiger partial charge >= 0.3 is 0 Å². The molecule has 1 saturated carbocycles. The van der Waals surface area contributed by atoms with Crippen molar-refractivity contribution in [3.05, 3.63) is 11.1 Å². The Morgan fingerprint density at radius 2 is 2.71 bits per heavy atom. The van der Waals surface area contributed by atoms with Crippen molar-refractivity contribution in [1.82, 2.24) is 9.59 Å². The van der Waals surface area contributed by atoms with Crippen LogP contribution >= 0.6 is 11.5 Å². The van der Waals surface area contributed by atoms with Gasteiger partial charge in [0.15, 0.2) is 0 Å². The van der Waals surface area contributed by atoms with E-state index in [1.54, 1.807) is 0 Å². The Kier molecular flexibility index (Phi) is 1.87. The van der Waals surface area contributed by atoms with Crippen molar-refractivity contribution >= 4 is 11.5 Å². The normalized spacial score (nSPS) is 36.8. The fourth-order valence-corrected chi connectivity index (χ4v) is 2.92. The van der Waals surface area contributed by atoms with E-state index in [0.29, 0.717) is 5.92 Å². The number of hydrogen-bond acceptors (Lipinski definition) is 5. The van der Waals surface area contributed by atoms with E-state index in [-0.39, 0.29) is 11.5 Å². The molecule has 3 unspecified atom stereocenters. The van der Waals surface area contributed by atoms with Crippen LogP contribution in [-0.2, 0) is 11.2 Å². The maximum Gasteiger partial charge on any atom is 0.0771 e. The first-order valence-corrected chi connectivity index (χ1v) is 5.74. The van der Waals surface area contributed by atoms with Gasteiger partial charge in [-0.25, -0.2) is 0 Å². The van der Waals surface area contributed by atoms with Crippen LogP contribution in [0, 0.1) is 11.3 Å². The zero-order valence-corrected chi connectivity index (χ0v) is 8.67. The number of fused-ring (bicyclic) bond motifs is 1. The van der Waals surface area contributed by atoms with Crippen molar-refractivity contribution in [2.75, 3.05) is 13.2 Å². The van der Waals surface area contributed by atoms with Gasteiger partial charge < -0.3 is 10.5 Å². The smallest absolute Gasteiger partial charge is 0.0771 e. The van der Waals surface area contributed by atoms with Crippen LogP contribution in [0.5, 0.6) is 0 Å². The molecular weight excluding hydrogens is 198 g/mol. The largest absolute Gasteiger partial charge is 0.380 e. The summed E-state index contributed by atoms with van der Waals surface area (Å²) in [5.41, 5.74) is 7.51. The zero-order chi connectivity index (χ0) is 9.60. The standard InChI is InChI=1S/C9H13N3OS/c10-8(1-7-4-14-12-11-7)9-2-6(9)3-13-5-9/h4,6,8H,1-3,5,10H2. The molecule has 1 aliphatic heterocycles. The number of ether oxygens (including phenoxy) is 1. The van der Waals surface area contributed by atoms with Crippen LogP contribution in [0.1, 0.15) is 12.1 Å².